The third-order valence-corrected chi connectivity index (χ3v) is 7.06. The molecule has 2 unspecified atom stereocenters. The summed E-state index contributed by atoms with van der Waals surface area (Å²) in [5.41, 5.74) is 2.43. The van der Waals surface area contributed by atoms with Gasteiger partial charge in [-0.2, -0.15) is 0 Å². The number of benzene rings is 1. The lowest BCUT2D eigenvalue weighted by atomic mass is 9.99. The number of halogens is 1. The predicted octanol–water partition coefficient (Wildman–Crippen LogP) is 4.19. The second-order valence-electron chi connectivity index (χ2n) is 8.78. The van der Waals surface area contributed by atoms with E-state index in [2.05, 4.69) is 43.2 Å². The van der Waals surface area contributed by atoms with Crippen LogP contribution in [0.25, 0.3) is 0 Å². The Kier molecular flexibility index (Phi) is 8.80. The molecule has 0 radical (unpaired) electrons. The van der Waals surface area contributed by atoms with E-state index in [9.17, 15) is 9.59 Å². The molecule has 1 aliphatic carbocycles. The number of rotatable bonds is 4. The Labute approximate surface area is 203 Å². The molecular formula is C24H32BrN5O3. The van der Waals surface area contributed by atoms with Gasteiger partial charge in [-0.05, 0) is 72.9 Å². The molecule has 1 saturated carbocycles. The Bertz CT molecular complexity index is 961. The topological polar surface area (TPSA) is 98.7 Å². The van der Waals surface area contributed by atoms with Crippen LogP contribution in [0, 0.1) is 18.8 Å². The second-order valence-corrected chi connectivity index (χ2v) is 9.63. The molecule has 2 heterocycles. The minimum absolute atomic E-state index is 0.0509. The SMILES string of the molecule is CC1CCCC1C(=O)O.Cc1nc(Nc2ccc(C(=O)N3CCN(C)CC3)cc2)ncc1Br. The molecule has 2 N–H and O–H groups in total. The van der Waals surface area contributed by atoms with Gasteiger partial charge in [0.15, 0.2) is 0 Å². The second kappa shape index (κ2) is 11.6. The zero-order valence-corrected chi connectivity index (χ0v) is 21.0. The van der Waals surface area contributed by atoms with E-state index >= 15 is 0 Å². The average molecular weight is 518 g/mol. The lowest BCUT2D eigenvalue weighted by Gasteiger charge is -2.32. The van der Waals surface area contributed by atoms with E-state index in [1.54, 1.807) is 6.20 Å². The Morgan fingerprint density at radius 2 is 1.79 bits per heavy atom. The third-order valence-electron chi connectivity index (χ3n) is 6.28. The standard InChI is InChI=1S/C17H20BrN5O.C7H12O2/c1-12-15(18)11-19-17(20-12)21-14-5-3-13(4-6-14)16(24)23-9-7-22(2)8-10-23;1-5-3-2-4-6(5)7(8)9/h3-6,11H,7-10H2,1-2H3,(H,19,20,21);5-6H,2-4H2,1H3,(H,8,9). The van der Waals surface area contributed by atoms with Gasteiger partial charge in [0.2, 0.25) is 5.95 Å². The van der Waals surface area contributed by atoms with Gasteiger partial charge in [-0.15, -0.1) is 0 Å². The molecule has 9 heteroatoms. The van der Waals surface area contributed by atoms with Crippen molar-refractivity contribution >= 4 is 39.4 Å². The van der Waals surface area contributed by atoms with Gasteiger partial charge in [-0.3, -0.25) is 9.59 Å². The first-order valence-corrected chi connectivity index (χ1v) is 12.1. The average Bonchev–Trinajstić information content (AvgIpc) is 3.24. The number of carboxylic acids is 1. The van der Waals surface area contributed by atoms with E-state index in [0.29, 0.717) is 17.4 Å². The van der Waals surface area contributed by atoms with Crippen LogP contribution in [0.1, 0.15) is 42.2 Å². The molecule has 8 nitrogen and oxygen atoms in total. The number of piperazine rings is 1. The molecule has 0 bridgehead atoms. The summed E-state index contributed by atoms with van der Waals surface area (Å²) in [4.78, 5) is 35.6. The smallest absolute Gasteiger partial charge is 0.306 e. The fourth-order valence-corrected chi connectivity index (χ4v) is 4.23. The number of anilines is 2. The van der Waals surface area contributed by atoms with Crippen LogP contribution >= 0.6 is 15.9 Å². The molecule has 1 aliphatic heterocycles. The van der Waals surface area contributed by atoms with E-state index < -0.39 is 5.97 Å². The summed E-state index contributed by atoms with van der Waals surface area (Å²) in [6, 6.07) is 7.44. The Morgan fingerprint density at radius 1 is 1.12 bits per heavy atom. The number of carbonyl (C=O) groups is 2. The molecule has 1 saturated heterocycles. The van der Waals surface area contributed by atoms with Crippen LogP contribution in [0.4, 0.5) is 11.6 Å². The molecule has 1 aromatic carbocycles. The van der Waals surface area contributed by atoms with Gasteiger partial charge in [0.1, 0.15) is 0 Å². The van der Waals surface area contributed by atoms with E-state index in [0.717, 1.165) is 61.3 Å². The highest BCUT2D eigenvalue weighted by Gasteiger charge is 2.28. The van der Waals surface area contributed by atoms with Gasteiger partial charge in [-0.25, -0.2) is 9.97 Å². The molecule has 1 amide bonds. The summed E-state index contributed by atoms with van der Waals surface area (Å²) in [5.74, 6) is 0.367. The maximum atomic E-state index is 12.5. The summed E-state index contributed by atoms with van der Waals surface area (Å²) < 4.78 is 0.876. The van der Waals surface area contributed by atoms with E-state index in [1.165, 1.54) is 0 Å². The quantitative estimate of drug-likeness (QED) is 0.627. The lowest BCUT2D eigenvalue weighted by molar-refractivity contribution is -0.142. The molecule has 2 aromatic rings. The zero-order valence-electron chi connectivity index (χ0n) is 19.4. The molecule has 178 valence electrons. The van der Waals surface area contributed by atoms with Crippen LogP contribution in [-0.4, -0.2) is 70.0 Å². The number of carbonyl (C=O) groups excluding carboxylic acids is 1. The monoisotopic (exact) mass is 517 g/mol. The minimum atomic E-state index is -0.611. The molecule has 2 atom stereocenters. The summed E-state index contributed by atoms with van der Waals surface area (Å²) >= 11 is 3.38. The minimum Gasteiger partial charge on any atom is -0.481 e. The molecule has 33 heavy (non-hydrogen) atoms. The van der Waals surface area contributed by atoms with Gasteiger partial charge < -0.3 is 20.2 Å². The highest BCUT2D eigenvalue weighted by molar-refractivity contribution is 9.10. The van der Waals surface area contributed by atoms with Crippen LogP contribution in [0.3, 0.4) is 0 Å². The summed E-state index contributed by atoms with van der Waals surface area (Å²) in [6.45, 7) is 7.33. The number of carboxylic acid groups (broad SMARTS) is 1. The zero-order chi connectivity index (χ0) is 24.0. The van der Waals surface area contributed by atoms with Crippen LogP contribution in [0.15, 0.2) is 34.9 Å². The lowest BCUT2D eigenvalue weighted by Crippen LogP contribution is -2.47. The molecular weight excluding hydrogens is 486 g/mol. The van der Waals surface area contributed by atoms with E-state index in [4.69, 9.17) is 5.11 Å². The van der Waals surface area contributed by atoms with Crippen molar-refractivity contribution in [1.29, 1.82) is 0 Å². The Balaban J connectivity index is 0.000000286. The number of likely N-dealkylation sites (N-methyl/N-ethyl adjacent to an activating group) is 1. The largest absolute Gasteiger partial charge is 0.481 e. The van der Waals surface area contributed by atoms with Gasteiger partial charge in [-0.1, -0.05) is 13.3 Å². The molecule has 4 rings (SSSR count). The first kappa shape index (κ1) is 25.1. The van der Waals surface area contributed by atoms with Gasteiger partial charge in [0.05, 0.1) is 16.1 Å². The van der Waals surface area contributed by atoms with Crippen molar-refractivity contribution in [3.05, 3.63) is 46.2 Å². The number of aromatic nitrogens is 2. The number of hydrogen-bond acceptors (Lipinski definition) is 6. The van der Waals surface area contributed by atoms with E-state index in [1.807, 2.05) is 43.0 Å². The van der Waals surface area contributed by atoms with Crippen LogP contribution in [-0.2, 0) is 4.79 Å². The van der Waals surface area contributed by atoms with Crippen molar-refractivity contribution in [2.45, 2.75) is 33.1 Å². The number of aryl methyl sites for hydroxylation is 1. The maximum absolute atomic E-state index is 12.5. The number of amides is 1. The first-order valence-electron chi connectivity index (χ1n) is 11.3. The summed E-state index contributed by atoms with van der Waals surface area (Å²) in [7, 11) is 2.08. The number of nitrogens with zero attached hydrogens (tertiary/aromatic N) is 4. The van der Waals surface area contributed by atoms with Crippen molar-refractivity contribution < 1.29 is 14.7 Å². The molecule has 2 aliphatic rings. The fourth-order valence-electron chi connectivity index (χ4n) is 4.04. The van der Waals surface area contributed by atoms with Crippen molar-refractivity contribution in [3.8, 4) is 0 Å². The fraction of sp³-hybridized carbons (Fsp3) is 0.500. The normalized spacial score (nSPS) is 20.7. The van der Waals surface area contributed by atoms with E-state index in [-0.39, 0.29) is 11.8 Å². The third kappa shape index (κ3) is 6.98. The van der Waals surface area contributed by atoms with Crippen molar-refractivity contribution in [3.63, 3.8) is 0 Å². The van der Waals surface area contributed by atoms with Gasteiger partial charge in [0, 0.05) is 43.6 Å². The first-order chi connectivity index (χ1) is 15.7. The molecule has 2 fully saturated rings. The highest BCUT2D eigenvalue weighted by Crippen LogP contribution is 2.30. The van der Waals surface area contributed by atoms with Gasteiger partial charge in [0.25, 0.3) is 5.91 Å². The van der Waals surface area contributed by atoms with Crippen molar-refractivity contribution in [2.75, 3.05) is 38.5 Å². The van der Waals surface area contributed by atoms with Gasteiger partial charge >= 0.3 is 5.97 Å². The van der Waals surface area contributed by atoms with Crippen molar-refractivity contribution in [2.24, 2.45) is 11.8 Å². The number of aliphatic carboxylic acids is 1. The molecule has 1 aromatic heterocycles. The highest BCUT2D eigenvalue weighted by atomic mass is 79.9. The number of nitrogens with one attached hydrogen (secondary N) is 1. The predicted molar refractivity (Wildman–Crippen MR) is 132 cm³/mol. The van der Waals surface area contributed by atoms with Crippen molar-refractivity contribution in [1.82, 2.24) is 19.8 Å². The van der Waals surface area contributed by atoms with Crippen LogP contribution < -0.4 is 5.32 Å². The Morgan fingerprint density at radius 3 is 2.30 bits per heavy atom. The number of hydrogen-bond donors (Lipinski definition) is 2. The van der Waals surface area contributed by atoms with Crippen LogP contribution in [0.5, 0.6) is 0 Å². The Hall–Kier alpha value is -2.52. The summed E-state index contributed by atoms with van der Waals surface area (Å²) in [5, 5.41) is 11.7. The molecule has 0 spiro atoms. The maximum Gasteiger partial charge on any atom is 0.306 e. The van der Waals surface area contributed by atoms with Crippen LogP contribution in [0.2, 0.25) is 0 Å². The summed E-state index contributed by atoms with van der Waals surface area (Å²) in [6.07, 6.45) is 4.79.